The lowest BCUT2D eigenvalue weighted by molar-refractivity contribution is -0.0739. The fourth-order valence-corrected chi connectivity index (χ4v) is 7.81. The normalized spacial score (nSPS) is 38.9. The van der Waals surface area contributed by atoms with Crippen LogP contribution >= 0.6 is 38.9 Å². The molecule has 4 heteroatoms. The van der Waals surface area contributed by atoms with Crippen LogP contribution in [0.2, 0.25) is 4.34 Å². The van der Waals surface area contributed by atoms with E-state index in [2.05, 4.69) is 34.2 Å². The van der Waals surface area contributed by atoms with E-state index in [-0.39, 0.29) is 0 Å². The summed E-state index contributed by atoms with van der Waals surface area (Å²) in [5.41, 5.74) is 0.498. The number of hydrogen-bond acceptors (Lipinski definition) is 2. The Balaban J connectivity index is 1.70. The van der Waals surface area contributed by atoms with Crippen LogP contribution in [0.3, 0.4) is 0 Å². The third-order valence-electron chi connectivity index (χ3n) is 6.05. The Labute approximate surface area is 145 Å². The van der Waals surface area contributed by atoms with Crippen molar-refractivity contribution in [3.05, 3.63) is 19.8 Å². The minimum atomic E-state index is 0.498. The molecule has 4 aliphatic carbocycles. The van der Waals surface area contributed by atoms with Crippen LogP contribution in [0, 0.1) is 23.2 Å². The average Bonchev–Trinajstić information content (AvgIpc) is 2.74. The van der Waals surface area contributed by atoms with Gasteiger partial charge in [0.25, 0.3) is 0 Å². The van der Waals surface area contributed by atoms with E-state index in [1.165, 1.54) is 43.4 Å². The molecule has 1 heterocycles. The van der Waals surface area contributed by atoms with Gasteiger partial charge in [0.2, 0.25) is 0 Å². The molecule has 0 aromatic carbocycles. The third-order valence-corrected chi connectivity index (χ3v) is 8.59. The van der Waals surface area contributed by atoms with Crippen molar-refractivity contribution < 1.29 is 0 Å². The van der Waals surface area contributed by atoms with E-state index in [1.54, 1.807) is 11.3 Å². The lowest BCUT2D eigenvalue weighted by atomic mass is 9.47. The highest BCUT2D eigenvalue weighted by Gasteiger charge is 2.54. The summed E-state index contributed by atoms with van der Waals surface area (Å²) < 4.78 is 1.97. The number of rotatable bonds is 4. The topological polar surface area (TPSA) is 12.0 Å². The second kappa shape index (κ2) is 5.51. The van der Waals surface area contributed by atoms with Crippen molar-refractivity contribution in [2.45, 2.75) is 51.5 Å². The molecule has 1 unspecified atom stereocenters. The molecule has 4 saturated carbocycles. The number of halogens is 2. The molecule has 1 aromatic rings. The first kappa shape index (κ1) is 15.0. The molecule has 0 saturated heterocycles. The number of nitrogens with one attached hydrogen (secondary N) is 1. The molecule has 0 spiro atoms. The molecule has 1 atom stereocenters. The van der Waals surface area contributed by atoms with Crippen molar-refractivity contribution in [3.8, 4) is 0 Å². The van der Waals surface area contributed by atoms with Crippen molar-refractivity contribution in [1.82, 2.24) is 5.32 Å². The fourth-order valence-electron chi connectivity index (χ4n) is 5.86. The van der Waals surface area contributed by atoms with Crippen molar-refractivity contribution in [2.24, 2.45) is 23.2 Å². The van der Waals surface area contributed by atoms with Crippen molar-refractivity contribution in [1.29, 1.82) is 0 Å². The van der Waals surface area contributed by atoms with Crippen LogP contribution in [0.25, 0.3) is 0 Å². The quantitative estimate of drug-likeness (QED) is 0.664. The van der Waals surface area contributed by atoms with E-state index in [0.29, 0.717) is 11.5 Å². The fraction of sp³-hybridized carbons (Fsp3) is 0.765. The molecule has 4 aliphatic rings. The lowest BCUT2D eigenvalue weighted by Gasteiger charge is -2.59. The first-order chi connectivity index (χ1) is 10.1. The van der Waals surface area contributed by atoms with Gasteiger partial charge in [-0.2, -0.15) is 0 Å². The van der Waals surface area contributed by atoms with Gasteiger partial charge in [0.05, 0.1) is 0 Å². The average molecular weight is 389 g/mol. The van der Waals surface area contributed by atoms with Gasteiger partial charge >= 0.3 is 0 Å². The molecule has 1 N–H and O–H groups in total. The number of hydrogen-bond donors (Lipinski definition) is 1. The summed E-state index contributed by atoms with van der Waals surface area (Å²) in [5, 5.41) is 3.83. The Morgan fingerprint density at radius 1 is 1.29 bits per heavy atom. The third kappa shape index (κ3) is 2.52. The zero-order chi connectivity index (χ0) is 14.6. The lowest BCUT2D eigenvalue weighted by Crippen LogP contribution is -2.51. The molecule has 0 amide bonds. The van der Waals surface area contributed by atoms with Gasteiger partial charge in [0, 0.05) is 15.4 Å². The minimum absolute atomic E-state index is 0.498. The highest BCUT2D eigenvalue weighted by atomic mass is 79.9. The predicted molar refractivity (Wildman–Crippen MR) is 94.1 cm³/mol. The van der Waals surface area contributed by atoms with E-state index in [1.807, 2.05) is 0 Å². The largest absolute Gasteiger partial charge is 0.309 e. The van der Waals surface area contributed by atoms with Crippen molar-refractivity contribution >= 4 is 38.9 Å². The van der Waals surface area contributed by atoms with E-state index < -0.39 is 0 Å². The maximum atomic E-state index is 6.33. The van der Waals surface area contributed by atoms with Crippen LogP contribution in [0.15, 0.2) is 10.5 Å². The van der Waals surface area contributed by atoms with E-state index in [4.69, 9.17) is 11.6 Å². The smallest absolute Gasteiger partial charge is 0.107 e. The molecule has 4 bridgehead atoms. The summed E-state index contributed by atoms with van der Waals surface area (Å²) in [7, 11) is 0. The summed E-state index contributed by atoms with van der Waals surface area (Å²) >= 11 is 11.7. The molecule has 0 aliphatic heterocycles. The van der Waals surface area contributed by atoms with Crippen LogP contribution in [0.5, 0.6) is 0 Å². The van der Waals surface area contributed by atoms with E-state index >= 15 is 0 Å². The molecule has 5 rings (SSSR count). The van der Waals surface area contributed by atoms with Gasteiger partial charge in [0.15, 0.2) is 0 Å². The van der Waals surface area contributed by atoms with E-state index in [9.17, 15) is 0 Å². The first-order valence-electron chi connectivity index (χ1n) is 8.28. The Kier molecular flexibility index (Phi) is 3.93. The van der Waals surface area contributed by atoms with Gasteiger partial charge in [0.1, 0.15) is 4.34 Å². The van der Waals surface area contributed by atoms with Crippen LogP contribution in [-0.4, -0.2) is 6.54 Å². The SMILES string of the molecule is CCNC(c1cc(Br)c(Cl)s1)C12CC3CC(CC(C3)C1)C2. The molecule has 116 valence electrons. The zero-order valence-corrected chi connectivity index (χ0v) is 15.7. The maximum absolute atomic E-state index is 6.33. The molecule has 4 fully saturated rings. The monoisotopic (exact) mass is 387 g/mol. The minimum Gasteiger partial charge on any atom is -0.309 e. The molecule has 0 radical (unpaired) electrons. The molecular formula is C17H23BrClNS. The summed E-state index contributed by atoms with van der Waals surface area (Å²) in [5.74, 6) is 2.99. The summed E-state index contributed by atoms with van der Waals surface area (Å²) in [6.45, 7) is 3.28. The van der Waals surface area contributed by atoms with Crippen LogP contribution in [-0.2, 0) is 0 Å². The summed E-state index contributed by atoms with van der Waals surface area (Å²) in [6, 6.07) is 2.77. The van der Waals surface area contributed by atoms with Crippen LogP contribution < -0.4 is 5.32 Å². The Hall–Kier alpha value is 0.430. The zero-order valence-electron chi connectivity index (χ0n) is 12.5. The van der Waals surface area contributed by atoms with Gasteiger partial charge in [-0.15, -0.1) is 11.3 Å². The maximum Gasteiger partial charge on any atom is 0.107 e. The standard InChI is InChI=1S/C17H23BrClNS/c1-2-20-15(14-6-13(18)16(19)21-14)17-7-10-3-11(8-17)5-12(4-10)9-17/h6,10-12,15,20H,2-5,7-9H2,1H3. The van der Waals surface area contributed by atoms with Gasteiger partial charge < -0.3 is 5.32 Å². The number of thiophene rings is 1. The molecular weight excluding hydrogens is 366 g/mol. The van der Waals surface area contributed by atoms with Crippen LogP contribution in [0.1, 0.15) is 56.4 Å². The molecule has 21 heavy (non-hydrogen) atoms. The van der Waals surface area contributed by atoms with Gasteiger partial charge in [-0.05, 0) is 90.2 Å². The highest BCUT2D eigenvalue weighted by Crippen LogP contribution is 2.64. The van der Waals surface area contributed by atoms with E-state index in [0.717, 1.165) is 33.1 Å². The van der Waals surface area contributed by atoms with Crippen molar-refractivity contribution in [3.63, 3.8) is 0 Å². The van der Waals surface area contributed by atoms with Gasteiger partial charge in [-0.1, -0.05) is 18.5 Å². The summed E-state index contributed by atoms with van der Waals surface area (Å²) in [6.07, 6.45) is 8.82. The van der Waals surface area contributed by atoms with Crippen molar-refractivity contribution in [2.75, 3.05) is 6.54 Å². The summed E-state index contributed by atoms with van der Waals surface area (Å²) in [4.78, 5) is 1.44. The van der Waals surface area contributed by atoms with Gasteiger partial charge in [-0.3, -0.25) is 0 Å². The Morgan fingerprint density at radius 2 is 1.86 bits per heavy atom. The Bertz CT molecular complexity index is 486. The Morgan fingerprint density at radius 3 is 2.29 bits per heavy atom. The molecule has 1 aromatic heterocycles. The first-order valence-corrected chi connectivity index (χ1v) is 10.3. The highest BCUT2D eigenvalue weighted by molar-refractivity contribution is 9.10. The van der Waals surface area contributed by atoms with Crippen LogP contribution in [0.4, 0.5) is 0 Å². The predicted octanol–water partition coefficient (Wildman–Crippen LogP) is 6.03. The molecule has 1 nitrogen and oxygen atoms in total. The van der Waals surface area contributed by atoms with Gasteiger partial charge in [-0.25, -0.2) is 0 Å². The second-order valence-corrected chi connectivity index (χ2v) is 10.1. The second-order valence-electron chi connectivity index (χ2n) is 7.54.